The Labute approximate surface area is 211 Å². The maximum absolute atomic E-state index is 6.26. The van der Waals surface area contributed by atoms with Crippen LogP contribution in [0, 0.1) is 0 Å². The lowest BCUT2D eigenvalue weighted by molar-refractivity contribution is -0.0299. The third kappa shape index (κ3) is 5.72. The first-order valence-electron chi connectivity index (χ1n) is 12.3. The van der Waals surface area contributed by atoms with Gasteiger partial charge in [0, 0.05) is 36.8 Å². The molecule has 1 saturated carbocycles. The van der Waals surface area contributed by atoms with Gasteiger partial charge in [-0.05, 0) is 69.4 Å². The number of benzene rings is 2. The molecule has 3 atom stereocenters. The van der Waals surface area contributed by atoms with Gasteiger partial charge < -0.3 is 25.0 Å². The van der Waals surface area contributed by atoms with Gasteiger partial charge in [-0.3, -0.25) is 4.98 Å². The Morgan fingerprint density at radius 2 is 1.75 bits per heavy atom. The lowest BCUT2D eigenvalue weighted by Gasteiger charge is -2.38. The Balaban J connectivity index is 1.19. The van der Waals surface area contributed by atoms with Gasteiger partial charge in [-0.1, -0.05) is 18.2 Å². The first-order valence-corrected chi connectivity index (χ1v) is 12.3. The molecule has 1 fully saturated rings. The fourth-order valence-corrected chi connectivity index (χ4v) is 4.74. The van der Waals surface area contributed by atoms with E-state index in [1.165, 1.54) is 0 Å². The number of nitrogens with one attached hydrogen (secondary N) is 2. The van der Waals surface area contributed by atoms with Gasteiger partial charge in [0.15, 0.2) is 0 Å². The molecule has 2 aromatic carbocycles. The molecule has 0 amide bonds. The summed E-state index contributed by atoms with van der Waals surface area (Å²) in [4.78, 5) is 15.7. The van der Waals surface area contributed by atoms with E-state index in [-0.39, 0.29) is 12.2 Å². The fourth-order valence-electron chi connectivity index (χ4n) is 4.74. The van der Waals surface area contributed by atoms with Crippen LogP contribution in [0.25, 0.3) is 10.9 Å². The van der Waals surface area contributed by atoms with E-state index in [9.17, 15) is 0 Å². The molecule has 8 heteroatoms. The van der Waals surface area contributed by atoms with Crippen LogP contribution in [0.5, 0.6) is 5.75 Å². The van der Waals surface area contributed by atoms with Crippen molar-refractivity contribution in [2.75, 3.05) is 31.8 Å². The van der Waals surface area contributed by atoms with Crippen molar-refractivity contribution < 1.29 is 9.47 Å². The van der Waals surface area contributed by atoms with E-state index >= 15 is 0 Å². The summed E-state index contributed by atoms with van der Waals surface area (Å²) >= 11 is 0. The summed E-state index contributed by atoms with van der Waals surface area (Å²) in [5.74, 6) is 2.04. The summed E-state index contributed by atoms with van der Waals surface area (Å²) < 4.78 is 12.0. The highest BCUT2D eigenvalue weighted by molar-refractivity contribution is 5.82. The Bertz CT molecular complexity index is 1300. The molecule has 2 aromatic heterocycles. The van der Waals surface area contributed by atoms with Gasteiger partial charge in [-0.25, -0.2) is 4.98 Å². The molecule has 0 bridgehead atoms. The molecule has 0 unspecified atom stereocenters. The fraction of sp³-hybridized carbons (Fsp3) is 0.321. The van der Waals surface area contributed by atoms with E-state index in [0.29, 0.717) is 17.8 Å². The number of aromatic nitrogens is 3. The maximum atomic E-state index is 6.26. The SMILES string of the molecule is CO[C@@H]1C[C@H](Oc2ccc(Nc3nccc(Nc4cnc5ccccc5c4)n3)cc2)CC[C@H]1N(C)C. The summed E-state index contributed by atoms with van der Waals surface area (Å²) in [5.41, 5.74) is 2.72. The maximum Gasteiger partial charge on any atom is 0.229 e. The first kappa shape index (κ1) is 24.0. The van der Waals surface area contributed by atoms with Crippen LogP contribution in [0.3, 0.4) is 0 Å². The number of likely N-dealkylation sites (N-methyl/N-ethyl adjacent to an activating group) is 1. The quantitative estimate of drug-likeness (QED) is 0.344. The third-order valence-electron chi connectivity index (χ3n) is 6.61. The van der Waals surface area contributed by atoms with Gasteiger partial charge >= 0.3 is 0 Å². The summed E-state index contributed by atoms with van der Waals surface area (Å²) in [6.07, 6.45) is 6.83. The van der Waals surface area contributed by atoms with Crippen molar-refractivity contribution in [3.05, 3.63) is 73.1 Å². The van der Waals surface area contributed by atoms with Crippen LogP contribution in [0.1, 0.15) is 19.3 Å². The zero-order chi connectivity index (χ0) is 24.9. The lowest BCUT2D eigenvalue weighted by Crippen LogP contribution is -2.46. The Kier molecular flexibility index (Phi) is 7.25. The van der Waals surface area contributed by atoms with Gasteiger partial charge in [0.25, 0.3) is 0 Å². The van der Waals surface area contributed by atoms with Crippen molar-refractivity contribution in [2.45, 2.75) is 37.5 Å². The molecule has 186 valence electrons. The first-order chi connectivity index (χ1) is 17.6. The molecule has 36 heavy (non-hydrogen) atoms. The van der Waals surface area contributed by atoms with Crippen molar-refractivity contribution in [3.8, 4) is 5.75 Å². The van der Waals surface area contributed by atoms with Gasteiger partial charge in [-0.15, -0.1) is 0 Å². The van der Waals surface area contributed by atoms with E-state index in [4.69, 9.17) is 9.47 Å². The predicted octanol–water partition coefficient (Wildman–Crippen LogP) is 5.39. The van der Waals surface area contributed by atoms with Crippen LogP contribution >= 0.6 is 0 Å². The molecule has 5 rings (SSSR count). The number of para-hydroxylation sites is 1. The van der Waals surface area contributed by atoms with E-state index in [1.54, 1.807) is 19.5 Å². The van der Waals surface area contributed by atoms with E-state index in [0.717, 1.165) is 47.3 Å². The number of nitrogens with zero attached hydrogens (tertiary/aromatic N) is 4. The highest BCUT2D eigenvalue weighted by Gasteiger charge is 2.32. The largest absolute Gasteiger partial charge is 0.490 e. The number of anilines is 4. The number of hydrogen-bond donors (Lipinski definition) is 2. The number of hydrogen-bond acceptors (Lipinski definition) is 8. The molecule has 0 saturated heterocycles. The van der Waals surface area contributed by atoms with Crippen molar-refractivity contribution >= 4 is 34.0 Å². The van der Waals surface area contributed by atoms with Crippen LogP contribution in [0.4, 0.5) is 23.1 Å². The van der Waals surface area contributed by atoms with Crippen LogP contribution in [0.15, 0.2) is 73.1 Å². The Hall–Kier alpha value is -3.75. The molecule has 1 aliphatic rings. The average Bonchev–Trinajstić information content (AvgIpc) is 2.90. The van der Waals surface area contributed by atoms with Crippen LogP contribution in [0.2, 0.25) is 0 Å². The monoisotopic (exact) mass is 484 g/mol. The molecule has 4 aromatic rings. The van der Waals surface area contributed by atoms with Crippen molar-refractivity contribution in [2.24, 2.45) is 0 Å². The molecule has 2 N–H and O–H groups in total. The minimum absolute atomic E-state index is 0.153. The molecule has 0 radical (unpaired) electrons. The van der Waals surface area contributed by atoms with Crippen molar-refractivity contribution in [1.29, 1.82) is 0 Å². The summed E-state index contributed by atoms with van der Waals surface area (Å²) in [7, 11) is 6.01. The average molecular weight is 485 g/mol. The molecular weight excluding hydrogens is 452 g/mol. The highest BCUT2D eigenvalue weighted by Crippen LogP contribution is 2.29. The molecule has 0 spiro atoms. The minimum atomic E-state index is 0.153. The van der Waals surface area contributed by atoms with Crippen LogP contribution < -0.4 is 15.4 Å². The topological polar surface area (TPSA) is 84.4 Å². The van der Waals surface area contributed by atoms with Gasteiger partial charge in [-0.2, -0.15) is 4.98 Å². The van der Waals surface area contributed by atoms with Gasteiger partial charge in [0.2, 0.25) is 5.95 Å². The highest BCUT2D eigenvalue weighted by atomic mass is 16.5. The summed E-state index contributed by atoms with van der Waals surface area (Å²) in [6.45, 7) is 0. The van der Waals surface area contributed by atoms with Gasteiger partial charge in [0.1, 0.15) is 17.7 Å². The van der Waals surface area contributed by atoms with E-state index < -0.39 is 0 Å². The normalized spacial score (nSPS) is 19.8. The second-order valence-corrected chi connectivity index (χ2v) is 9.31. The third-order valence-corrected chi connectivity index (χ3v) is 6.61. The predicted molar refractivity (Wildman–Crippen MR) is 143 cm³/mol. The molecule has 0 aliphatic heterocycles. The second kappa shape index (κ2) is 10.9. The lowest BCUT2D eigenvalue weighted by atomic mass is 9.89. The minimum Gasteiger partial charge on any atom is -0.490 e. The zero-order valence-corrected chi connectivity index (χ0v) is 20.9. The molecule has 8 nitrogen and oxygen atoms in total. The van der Waals surface area contributed by atoms with E-state index in [2.05, 4.69) is 50.6 Å². The van der Waals surface area contributed by atoms with Crippen LogP contribution in [-0.2, 0) is 4.74 Å². The number of pyridine rings is 1. The van der Waals surface area contributed by atoms with E-state index in [1.807, 2.05) is 54.6 Å². The summed E-state index contributed by atoms with van der Waals surface area (Å²) in [6, 6.07) is 20.2. The Morgan fingerprint density at radius 1 is 0.917 bits per heavy atom. The number of rotatable bonds is 8. The Morgan fingerprint density at radius 3 is 2.56 bits per heavy atom. The second-order valence-electron chi connectivity index (χ2n) is 9.31. The molecule has 1 aliphatic carbocycles. The number of ether oxygens (including phenoxy) is 2. The number of fused-ring (bicyclic) bond motifs is 1. The van der Waals surface area contributed by atoms with Crippen molar-refractivity contribution in [3.63, 3.8) is 0 Å². The van der Waals surface area contributed by atoms with Crippen LogP contribution in [-0.4, -0.2) is 59.3 Å². The number of methoxy groups -OCH3 is 1. The zero-order valence-electron chi connectivity index (χ0n) is 20.9. The molecular formula is C28H32N6O2. The van der Waals surface area contributed by atoms with Gasteiger partial charge in [0.05, 0.1) is 23.5 Å². The van der Waals surface area contributed by atoms with Crippen molar-refractivity contribution in [1.82, 2.24) is 19.9 Å². The standard InChI is InChI=1S/C28H32N6O2/c1-34(2)25-13-12-23(17-26(25)35-3)36-22-10-8-20(9-11-22)32-28-29-15-14-27(33-28)31-21-16-19-6-4-5-7-24(19)30-18-21/h4-11,14-16,18,23,25-26H,12-13,17H2,1-3H3,(H2,29,31,32,33)/t23-,25-,26-/m1/s1. The summed E-state index contributed by atoms with van der Waals surface area (Å²) in [5, 5.41) is 7.64. The molecule has 2 heterocycles. The smallest absolute Gasteiger partial charge is 0.229 e.